The molecule has 310 valence electrons. The molecule has 2 fully saturated rings. The predicted octanol–water partition coefficient (Wildman–Crippen LogP) is 6.94. The van der Waals surface area contributed by atoms with Crippen molar-refractivity contribution in [2.75, 3.05) is 13.2 Å². The topological polar surface area (TPSA) is 120 Å². The number of carbonyl (C=O) groups is 1. The fraction of sp³-hybridized carbons (Fsp3) is 0.354. The van der Waals surface area contributed by atoms with Crippen molar-refractivity contribution in [3.05, 3.63) is 179 Å². The summed E-state index contributed by atoms with van der Waals surface area (Å²) in [5.41, 5.74) is 4.75. The van der Waals surface area contributed by atoms with Crippen LogP contribution < -0.4 is 0 Å². The smallest absolute Gasteiger partial charge is 0.303 e. The molecule has 2 aliphatic rings. The highest BCUT2D eigenvalue weighted by Gasteiger charge is 2.53. The first-order valence-corrected chi connectivity index (χ1v) is 20.0. The molecular formula is C48H52O11. The molecule has 11 nitrogen and oxygen atoms in total. The van der Waals surface area contributed by atoms with Gasteiger partial charge in [-0.1, -0.05) is 152 Å². The van der Waals surface area contributed by atoms with Crippen molar-refractivity contribution in [3.63, 3.8) is 0 Å². The number of benzene rings is 5. The molecule has 59 heavy (non-hydrogen) atoms. The summed E-state index contributed by atoms with van der Waals surface area (Å²) in [5.74, 6) is -0.554. The van der Waals surface area contributed by atoms with E-state index < -0.39 is 61.3 Å². The van der Waals surface area contributed by atoms with Crippen LogP contribution in [0.1, 0.15) is 34.7 Å². The summed E-state index contributed by atoms with van der Waals surface area (Å²) in [4.78, 5) is 12.7. The third-order valence-corrected chi connectivity index (χ3v) is 10.1. The molecule has 0 saturated carbocycles. The molecule has 0 aliphatic carbocycles. The van der Waals surface area contributed by atoms with Crippen molar-refractivity contribution in [2.24, 2.45) is 0 Å². The average molecular weight is 805 g/mol. The van der Waals surface area contributed by atoms with E-state index in [1.54, 1.807) is 0 Å². The minimum Gasteiger partial charge on any atom is -0.454 e. The fourth-order valence-corrected chi connectivity index (χ4v) is 7.15. The van der Waals surface area contributed by atoms with E-state index in [1.165, 1.54) is 6.92 Å². The highest BCUT2D eigenvalue weighted by atomic mass is 16.8. The Kier molecular flexibility index (Phi) is 15.8. The first-order valence-electron chi connectivity index (χ1n) is 20.0. The van der Waals surface area contributed by atoms with Crippen LogP contribution >= 0.6 is 0 Å². The molecule has 0 radical (unpaired) electrons. The Bertz CT molecular complexity index is 1940. The summed E-state index contributed by atoms with van der Waals surface area (Å²) in [6.45, 7) is 2.80. The van der Waals surface area contributed by atoms with Gasteiger partial charge in [0, 0.05) is 6.92 Å². The van der Waals surface area contributed by atoms with Crippen molar-refractivity contribution >= 4 is 5.97 Å². The molecule has 0 aromatic heterocycles. The highest BCUT2D eigenvalue weighted by Crippen LogP contribution is 2.35. The summed E-state index contributed by atoms with van der Waals surface area (Å²) in [7, 11) is 0. The van der Waals surface area contributed by atoms with Gasteiger partial charge in [-0.2, -0.15) is 0 Å². The molecule has 5 aromatic rings. The number of carbonyl (C=O) groups excluding carboxylic acids is 1. The van der Waals surface area contributed by atoms with Crippen molar-refractivity contribution < 1.29 is 52.5 Å². The molecule has 2 saturated heterocycles. The minimum atomic E-state index is -1.37. The largest absolute Gasteiger partial charge is 0.454 e. The molecule has 0 amide bonds. The van der Waals surface area contributed by atoms with Gasteiger partial charge in [0.25, 0.3) is 0 Å². The molecule has 9 atom stereocenters. The third-order valence-electron chi connectivity index (χ3n) is 10.1. The molecule has 11 heteroatoms. The van der Waals surface area contributed by atoms with E-state index >= 15 is 0 Å². The standard InChI is InChI=1S/C48H52O11/c1-34(49)56-46-44(54-30-38-23-13-5-14-24-38)41(33-52-28-36-19-9-3-10-20-36)58-48(46)59-47-42(50)45(55-31-39-25-15-6-16-26-39)43(53-29-37-21-11-4-12-22-37)40(57-47)32-51-27-35-17-7-2-8-18-35/h2-26,40-48,50H,27-33H2,1H3/t40-,41-,42+,43-,44+,45-,46-,47+,48+/m1/s1. The SMILES string of the molecule is CC(=O)O[C@H]1[C@H](O[C@@H]2O[C@H](COCc3ccccc3)[C@@H](OCc3ccccc3)[C@H](OCc3ccccc3)[C@@H]2O)O[C@H](COCc2ccccc2)[C@@H]1OCc1ccccc1. The van der Waals surface area contributed by atoms with Crippen molar-refractivity contribution in [2.45, 2.75) is 95.3 Å². The summed E-state index contributed by atoms with van der Waals surface area (Å²) in [6.07, 6.45) is -8.94. The number of rotatable bonds is 20. The normalized spacial score (nSPS) is 25.4. The Labute approximate surface area is 345 Å². The summed E-state index contributed by atoms with van der Waals surface area (Å²) >= 11 is 0. The number of esters is 1. The Hall–Kier alpha value is -4.79. The maximum atomic E-state index is 12.7. The Morgan fingerprint density at radius 3 is 1.20 bits per heavy atom. The lowest BCUT2D eigenvalue weighted by Crippen LogP contribution is -2.62. The summed E-state index contributed by atoms with van der Waals surface area (Å²) in [6, 6.07) is 48.7. The van der Waals surface area contributed by atoms with Gasteiger partial charge < -0.3 is 47.7 Å². The van der Waals surface area contributed by atoms with Crippen LogP contribution in [0.3, 0.4) is 0 Å². The van der Waals surface area contributed by atoms with Gasteiger partial charge in [0.1, 0.15) is 36.6 Å². The van der Waals surface area contributed by atoms with Crippen LogP contribution in [0.2, 0.25) is 0 Å². The average Bonchev–Trinajstić information content (AvgIpc) is 3.58. The van der Waals surface area contributed by atoms with E-state index in [9.17, 15) is 9.90 Å². The molecule has 7 rings (SSSR count). The number of ether oxygens (including phenoxy) is 9. The fourth-order valence-electron chi connectivity index (χ4n) is 7.15. The number of aliphatic hydroxyl groups excluding tert-OH is 1. The quantitative estimate of drug-likeness (QED) is 0.0825. The number of hydrogen-bond acceptors (Lipinski definition) is 11. The van der Waals surface area contributed by atoms with Gasteiger partial charge in [-0.25, -0.2) is 0 Å². The van der Waals surface area contributed by atoms with E-state index in [0.29, 0.717) is 13.2 Å². The van der Waals surface area contributed by atoms with E-state index in [4.69, 9.17) is 42.6 Å². The summed E-state index contributed by atoms with van der Waals surface area (Å²) < 4.78 is 57.4. The van der Waals surface area contributed by atoms with Crippen LogP contribution in [0.5, 0.6) is 0 Å². The zero-order chi connectivity index (χ0) is 40.7. The van der Waals surface area contributed by atoms with Gasteiger partial charge >= 0.3 is 5.97 Å². The van der Waals surface area contributed by atoms with Gasteiger partial charge in [-0.3, -0.25) is 4.79 Å². The Balaban J connectivity index is 1.14. The van der Waals surface area contributed by atoms with Gasteiger partial charge in [0.15, 0.2) is 12.4 Å². The van der Waals surface area contributed by atoms with Gasteiger partial charge in [0.2, 0.25) is 6.29 Å². The molecule has 0 bridgehead atoms. The summed E-state index contributed by atoms with van der Waals surface area (Å²) in [5, 5.41) is 12.2. The second-order valence-corrected chi connectivity index (χ2v) is 14.6. The zero-order valence-electron chi connectivity index (χ0n) is 33.1. The first-order chi connectivity index (χ1) is 29.0. The minimum absolute atomic E-state index is 0.0871. The predicted molar refractivity (Wildman–Crippen MR) is 217 cm³/mol. The molecular weight excluding hydrogens is 753 g/mol. The lowest BCUT2D eigenvalue weighted by Gasteiger charge is -2.44. The molecule has 1 N–H and O–H groups in total. The lowest BCUT2D eigenvalue weighted by molar-refractivity contribution is -0.352. The number of aliphatic hydroxyl groups is 1. The van der Waals surface area contributed by atoms with E-state index in [0.717, 1.165) is 27.8 Å². The maximum absolute atomic E-state index is 12.7. The number of hydrogen-bond donors (Lipinski definition) is 1. The van der Waals surface area contributed by atoms with Crippen molar-refractivity contribution in [1.29, 1.82) is 0 Å². The molecule has 0 spiro atoms. The first kappa shape index (κ1) is 42.3. The second-order valence-electron chi connectivity index (χ2n) is 14.6. The zero-order valence-corrected chi connectivity index (χ0v) is 33.1. The van der Waals surface area contributed by atoms with Crippen molar-refractivity contribution in [3.8, 4) is 0 Å². The van der Waals surface area contributed by atoms with Crippen LogP contribution in [0, 0.1) is 0 Å². The van der Waals surface area contributed by atoms with Crippen molar-refractivity contribution in [1.82, 2.24) is 0 Å². The monoisotopic (exact) mass is 804 g/mol. The van der Waals surface area contributed by atoms with E-state index in [1.807, 2.05) is 152 Å². The maximum Gasteiger partial charge on any atom is 0.303 e. The van der Waals surface area contributed by atoms with E-state index in [-0.39, 0.29) is 33.0 Å². The van der Waals surface area contributed by atoms with Gasteiger partial charge in [0.05, 0.1) is 46.2 Å². The Morgan fingerprint density at radius 2 is 0.814 bits per heavy atom. The second kappa shape index (κ2) is 22.0. The third kappa shape index (κ3) is 12.4. The van der Waals surface area contributed by atoms with Crippen LogP contribution in [0.25, 0.3) is 0 Å². The molecule has 5 aromatic carbocycles. The van der Waals surface area contributed by atoms with Crippen LogP contribution in [-0.2, 0) is 80.5 Å². The van der Waals surface area contributed by atoms with Crippen LogP contribution in [0.15, 0.2) is 152 Å². The highest BCUT2D eigenvalue weighted by molar-refractivity contribution is 5.66. The van der Waals surface area contributed by atoms with Gasteiger partial charge in [-0.05, 0) is 27.8 Å². The lowest BCUT2D eigenvalue weighted by atomic mass is 9.98. The van der Waals surface area contributed by atoms with Gasteiger partial charge in [-0.15, -0.1) is 0 Å². The van der Waals surface area contributed by atoms with Crippen LogP contribution in [-0.4, -0.2) is 79.6 Å². The molecule has 0 unspecified atom stereocenters. The molecule has 2 aliphatic heterocycles. The van der Waals surface area contributed by atoms with Crippen LogP contribution in [0.4, 0.5) is 0 Å². The Morgan fingerprint density at radius 1 is 0.475 bits per heavy atom. The molecule has 2 heterocycles. The van der Waals surface area contributed by atoms with E-state index in [2.05, 4.69) is 0 Å².